The van der Waals surface area contributed by atoms with Crippen LogP contribution in [0.25, 0.3) is 0 Å². The lowest BCUT2D eigenvalue weighted by Crippen LogP contribution is -2.27. The van der Waals surface area contributed by atoms with Gasteiger partial charge in [-0.3, -0.25) is 9.59 Å². The first-order chi connectivity index (χ1) is 17.8. The molecule has 2 aromatic carbocycles. The third-order valence-corrected chi connectivity index (χ3v) is 9.49. The average molecular weight is 600 g/mol. The van der Waals surface area contributed by atoms with Gasteiger partial charge in [-0.15, -0.1) is 11.3 Å². The van der Waals surface area contributed by atoms with Crippen molar-refractivity contribution in [1.82, 2.24) is 5.32 Å². The summed E-state index contributed by atoms with van der Waals surface area (Å²) in [5.41, 5.74) is 2.57. The predicted molar refractivity (Wildman–Crippen MR) is 145 cm³/mol. The summed E-state index contributed by atoms with van der Waals surface area (Å²) in [6, 6.07) is 18.6. The van der Waals surface area contributed by atoms with E-state index in [1.807, 2.05) is 30.3 Å². The van der Waals surface area contributed by atoms with E-state index in [1.165, 1.54) is 35.6 Å². The monoisotopic (exact) mass is 598 g/mol. The summed E-state index contributed by atoms with van der Waals surface area (Å²) in [4.78, 5) is 27.3. The van der Waals surface area contributed by atoms with Crippen LogP contribution in [0.2, 0.25) is 0 Å². The van der Waals surface area contributed by atoms with Crippen LogP contribution in [0.3, 0.4) is 0 Å². The molecule has 0 radical (unpaired) electrons. The van der Waals surface area contributed by atoms with Crippen molar-refractivity contribution in [2.45, 2.75) is 35.7 Å². The molecule has 2 heterocycles. The van der Waals surface area contributed by atoms with E-state index < -0.39 is 15.7 Å². The molecule has 0 fully saturated rings. The lowest BCUT2D eigenvalue weighted by atomic mass is 10.1. The van der Waals surface area contributed by atoms with Gasteiger partial charge >= 0.3 is 0 Å². The Morgan fingerprint density at radius 3 is 2.46 bits per heavy atom. The third kappa shape index (κ3) is 5.41. The molecule has 5 rings (SSSR count). The first kappa shape index (κ1) is 25.4. The van der Waals surface area contributed by atoms with E-state index in [0.29, 0.717) is 23.5 Å². The van der Waals surface area contributed by atoms with E-state index in [-0.39, 0.29) is 21.7 Å². The zero-order chi connectivity index (χ0) is 26.0. The third-order valence-electron chi connectivity index (χ3n) is 6.11. The smallest absolute Gasteiger partial charge is 0.292 e. The summed E-state index contributed by atoms with van der Waals surface area (Å²) in [5.74, 6) is -1.00. The van der Waals surface area contributed by atoms with Gasteiger partial charge in [-0.1, -0.05) is 46.3 Å². The van der Waals surface area contributed by atoms with Crippen molar-refractivity contribution in [3.8, 4) is 0 Å². The van der Waals surface area contributed by atoms with Gasteiger partial charge in [0.2, 0.25) is 14.9 Å². The topological polar surface area (TPSA) is 105 Å². The molecule has 2 N–H and O–H groups in total. The Balaban J connectivity index is 1.32. The number of carbonyl (C=O) groups excluding carboxylic acids is 2. The van der Waals surface area contributed by atoms with Crippen LogP contribution in [-0.2, 0) is 29.1 Å². The van der Waals surface area contributed by atoms with Crippen LogP contribution in [-0.4, -0.2) is 26.8 Å². The summed E-state index contributed by atoms with van der Waals surface area (Å²) < 4.78 is 32.0. The summed E-state index contributed by atoms with van der Waals surface area (Å²) in [5, 5.41) is 5.87. The Hall–Kier alpha value is -3.21. The first-order valence-corrected chi connectivity index (χ1v) is 14.8. The van der Waals surface area contributed by atoms with Crippen LogP contribution in [0.4, 0.5) is 5.00 Å². The van der Waals surface area contributed by atoms with Gasteiger partial charge in [-0.05, 0) is 73.2 Å². The van der Waals surface area contributed by atoms with Crippen LogP contribution in [0.15, 0.2) is 85.6 Å². The summed E-state index contributed by atoms with van der Waals surface area (Å²) in [6.45, 7) is 0.469. The minimum Gasteiger partial charge on any atom is -0.439 e. The molecule has 4 aromatic rings. The standard InChI is InChI=1S/C27H23BrN2O5S2/c28-18-9-11-19(12-10-18)37(33,34)23-14-13-21(35-23)25(31)30-27-24(20-7-4-8-22(20)36-27)26(32)29-16-15-17-5-2-1-3-6-17/h1-3,5-6,9-14H,4,7-8,15-16H2,(H,29,32)(H,30,31). The second-order valence-corrected chi connectivity index (χ2v) is 12.5. The number of rotatable bonds is 8. The van der Waals surface area contributed by atoms with Gasteiger partial charge in [0.05, 0.1) is 10.5 Å². The van der Waals surface area contributed by atoms with Crippen molar-refractivity contribution >= 4 is 53.9 Å². The molecular formula is C27H23BrN2O5S2. The lowest BCUT2D eigenvalue weighted by molar-refractivity contribution is 0.0954. The van der Waals surface area contributed by atoms with Gasteiger partial charge in [-0.2, -0.15) is 0 Å². The molecule has 37 heavy (non-hydrogen) atoms. The summed E-state index contributed by atoms with van der Waals surface area (Å²) >= 11 is 4.66. The molecular weight excluding hydrogens is 576 g/mol. The molecule has 0 saturated heterocycles. The fourth-order valence-corrected chi connectivity index (χ4v) is 6.99. The fourth-order valence-electron chi connectivity index (χ4n) is 4.27. The van der Waals surface area contributed by atoms with Gasteiger partial charge < -0.3 is 15.1 Å². The Morgan fingerprint density at radius 2 is 1.70 bits per heavy atom. The van der Waals surface area contributed by atoms with E-state index in [1.54, 1.807) is 12.1 Å². The molecule has 2 amide bonds. The number of nitrogens with one attached hydrogen (secondary N) is 2. The van der Waals surface area contributed by atoms with Crippen molar-refractivity contribution in [3.63, 3.8) is 0 Å². The molecule has 0 unspecified atom stereocenters. The predicted octanol–water partition coefficient (Wildman–Crippen LogP) is 5.65. The maximum Gasteiger partial charge on any atom is 0.292 e. The number of sulfone groups is 1. The highest BCUT2D eigenvalue weighted by molar-refractivity contribution is 9.10. The van der Waals surface area contributed by atoms with Gasteiger partial charge in [0.25, 0.3) is 11.8 Å². The van der Waals surface area contributed by atoms with Gasteiger partial charge in [0.15, 0.2) is 5.76 Å². The Labute approximate surface area is 227 Å². The number of aryl methyl sites for hydroxylation is 1. The van der Waals surface area contributed by atoms with Gasteiger partial charge in [0.1, 0.15) is 5.00 Å². The van der Waals surface area contributed by atoms with Crippen molar-refractivity contribution in [1.29, 1.82) is 0 Å². The first-order valence-electron chi connectivity index (χ1n) is 11.7. The lowest BCUT2D eigenvalue weighted by Gasteiger charge is -2.09. The zero-order valence-corrected chi connectivity index (χ0v) is 22.8. The van der Waals surface area contributed by atoms with Gasteiger partial charge in [0, 0.05) is 15.9 Å². The average Bonchev–Trinajstić information content (AvgIpc) is 3.62. The van der Waals surface area contributed by atoms with E-state index in [9.17, 15) is 18.0 Å². The number of halogens is 1. The molecule has 7 nitrogen and oxygen atoms in total. The highest BCUT2D eigenvalue weighted by Gasteiger charge is 2.29. The maximum absolute atomic E-state index is 13.1. The molecule has 0 bridgehead atoms. The van der Waals surface area contributed by atoms with Crippen LogP contribution in [0, 0.1) is 0 Å². The molecule has 0 spiro atoms. The normalized spacial score (nSPS) is 12.8. The second-order valence-electron chi connectivity index (χ2n) is 8.58. The van der Waals surface area contributed by atoms with E-state index >= 15 is 0 Å². The number of thiophene rings is 1. The van der Waals surface area contributed by atoms with E-state index in [0.717, 1.165) is 39.7 Å². The molecule has 190 valence electrons. The fraction of sp³-hybridized carbons (Fsp3) is 0.185. The second kappa shape index (κ2) is 10.6. The number of fused-ring (bicyclic) bond motifs is 1. The number of anilines is 1. The number of carbonyl (C=O) groups is 2. The molecule has 1 aliphatic rings. The van der Waals surface area contributed by atoms with Crippen LogP contribution < -0.4 is 10.6 Å². The summed E-state index contributed by atoms with van der Waals surface area (Å²) in [7, 11) is -3.92. The number of amides is 2. The Kier molecular flexibility index (Phi) is 7.32. The van der Waals surface area contributed by atoms with Crippen LogP contribution in [0.5, 0.6) is 0 Å². The maximum atomic E-state index is 13.1. The van der Waals surface area contributed by atoms with Crippen LogP contribution >= 0.6 is 27.3 Å². The summed E-state index contributed by atoms with van der Waals surface area (Å²) in [6.07, 6.45) is 3.30. The van der Waals surface area contributed by atoms with Crippen molar-refractivity contribution in [2.75, 3.05) is 11.9 Å². The Bertz CT molecular complexity index is 1560. The molecule has 10 heteroatoms. The van der Waals surface area contributed by atoms with Crippen molar-refractivity contribution in [3.05, 3.63) is 98.5 Å². The van der Waals surface area contributed by atoms with Crippen molar-refractivity contribution in [2.24, 2.45) is 0 Å². The molecule has 0 saturated carbocycles. The molecule has 1 aliphatic carbocycles. The number of benzene rings is 2. The minimum absolute atomic E-state index is 0.0566. The molecule has 0 aliphatic heterocycles. The zero-order valence-electron chi connectivity index (χ0n) is 19.6. The largest absolute Gasteiger partial charge is 0.439 e. The molecule has 0 atom stereocenters. The van der Waals surface area contributed by atoms with Crippen molar-refractivity contribution < 1.29 is 22.4 Å². The number of furan rings is 1. The van der Waals surface area contributed by atoms with E-state index in [2.05, 4.69) is 26.6 Å². The number of hydrogen-bond acceptors (Lipinski definition) is 6. The SMILES string of the molecule is O=C(Nc1sc2c(c1C(=O)NCCc1ccccc1)CCC2)c1ccc(S(=O)(=O)c2ccc(Br)cc2)o1. The van der Waals surface area contributed by atoms with Crippen LogP contribution in [0.1, 0.15) is 43.3 Å². The van der Waals surface area contributed by atoms with Gasteiger partial charge in [-0.25, -0.2) is 8.42 Å². The number of hydrogen-bond donors (Lipinski definition) is 2. The highest BCUT2D eigenvalue weighted by Crippen LogP contribution is 2.39. The molecule has 2 aromatic heterocycles. The quantitative estimate of drug-likeness (QED) is 0.272. The highest BCUT2D eigenvalue weighted by atomic mass is 79.9. The Morgan fingerprint density at radius 1 is 0.946 bits per heavy atom. The minimum atomic E-state index is -3.92. The van der Waals surface area contributed by atoms with E-state index in [4.69, 9.17) is 4.42 Å².